The number of fused-ring (bicyclic) bond motifs is 6. The van der Waals surface area contributed by atoms with Crippen LogP contribution in [0.1, 0.15) is 29.8 Å². The molecule has 7 heteroatoms. The molecule has 8 rings (SSSR count). The van der Waals surface area contributed by atoms with Crippen LogP contribution in [-0.2, 0) is 10.3 Å². The van der Waals surface area contributed by atoms with E-state index in [9.17, 15) is 9.90 Å². The van der Waals surface area contributed by atoms with Crippen LogP contribution in [0.25, 0.3) is 66.1 Å². The third-order valence-electron chi connectivity index (χ3n) is 8.42. The molecule has 0 bridgehead atoms. The minimum Gasteiger partial charge on any atom is -0.465 e. The number of aliphatic hydroxyl groups is 1. The van der Waals surface area contributed by atoms with Gasteiger partial charge in [0.2, 0.25) is 0 Å². The summed E-state index contributed by atoms with van der Waals surface area (Å²) in [6, 6.07) is 39.7. The normalized spacial score (nSPS) is 11.6. The molecule has 5 nitrogen and oxygen atoms in total. The number of furan rings is 2. The van der Waals surface area contributed by atoms with Crippen LogP contribution in [0.15, 0.2) is 139 Å². The number of para-hydroxylation sites is 4. The van der Waals surface area contributed by atoms with E-state index in [1.165, 1.54) is 7.11 Å². The van der Waals surface area contributed by atoms with Gasteiger partial charge in [0, 0.05) is 41.6 Å². The number of carbonyl (C=O) groups is 1. The Bertz CT molecular complexity index is 2480. The highest BCUT2D eigenvalue weighted by Crippen LogP contribution is 2.41. The van der Waals surface area contributed by atoms with E-state index in [2.05, 4.69) is 44.0 Å². The average molecular weight is 762 g/mol. The Morgan fingerprint density at radius 1 is 0.604 bits per heavy atom. The maximum atomic E-state index is 12.2. The zero-order chi connectivity index (χ0) is 33.6. The molecule has 0 spiro atoms. The number of rotatable bonds is 4. The molecule has 0 saturated carbocycles. The van der Waals surface area contributed by atoms with E-state index in [4.69, 9.17) is 13.6 Å². The molecule has 0 atom stereocenters. The van der Waals surface area contributed by atoms with Gasteiger partial charge in [-0.3, -0.25) is 0 Å². The maximum absolute atomic E-state index is 12.2. The number of ether oxygens (including phenoxy) is 1. The summed E-state index contributed by atoms with van der Waals surface area (Å²) in [7, 11) is 1.38. The van der Waals surface area contributed by atoms with Gasteiger partial charge in [-0.15, -0.1) is 0 Å². The number of halogens is 2. The van der Waals surface area contributed by atoms with Crippen LogP contribution in [0.4, 0.5) is 0 Å². The van der Waals surface area contributed by atoms with Crippen LogP contribution in [0.5, 0.6) is 0 Å². The van der Waals surface area contributed by atoms with Crippen molar-refractivity contribution in [3.8, 4) is 22.3 Å². The Balaban J connectivity index is 0.000000152. The lowest BCUT2D eigenvalue weighted by Crippen LogP contribution is -2.16. The van der Waals surface area contributed by atoms with Gasteiger partial charge in [-0.2, -0.15) is 0 Å². The lowest BCUT2D eigenvalue weighted by molar-refractivity contribution is 0.0601. The topological polar surface area (TPSA) is 72.8 Å². The molecule has 0 saturated heterocycles. The quantitative estimate of drug-likeness (QED) is 0.181. The molecule has 0 radical (unpaired) electrons. The first-order valence-corrected chi connectivity index (χ1v) is 16.9. The van der Waals surface area contributed by atoms with Gasteiger partial charge in [-0.25, -0.2) is 4.79 Å². The lowest BCUT2D eigenvalue weighted by atomic mass is 9.89. The van der Waals surface area contributed by atoms with Crippen LogP contribution in [0.3, 0.4) is 0 Å². The largest absolute Gasteiger partial charge is 0.465 e. The molecule has 8 aromatic rings. The summed E-state index contributed by atoms with van der Waals surface area (Å²) in [6.07, 6.45) is 0. The van der Waals surface area contributed by atoms with E-state index >= 15 is 0 Å². The molecule has 238 valence electrons. The molecule has 0 aliphatic carbocycles. The smallest absolute Gasteiger partial charge is 0.338 e. The Morgan fingerprint density at radius 3 is 1.62 bits per heavy atom. The van der Waals surface area contributed by atoms with Crippen LogP contribution in [0.2, 0.25) is 0 Å². The number of carbonyl (C=O) groups excluding carboxylic acids is 1. The fraction of sp³-hybridized carbons (Fsp3) is 0.0976. The summed E-state index contributed by atoms with van der Waals surface area (Å²) >= 11 is 6.92. The Morgan fingerprint density at radius 2 is 1.08 bits per heavy atom. The van der Waals surface area contributed by atoms with E-state index in [0.29, 0.717) is 5.56 Å². The van der Waals surface area contributed by atoms with Gasteiger partial charge in [-0.05, 0) is 66.9 Å². The SMILES string of the molecule is CC(C)(O)c1cc(Br)ccc1-c1cccc2c1oc1ccccc12.COC(=O)c1cc(Br)ccc1-c1cccc2c1oc1ccccc12. The molecule has 2 heterocycles. The highest BCUT2D eigenvalue weighted by Gasteiger charge is 2.23. The molecule has 48 heavy (non-hydrogen) atoms. The highest BCUT2D eigenvalue weighted by molar-refractivity contribution is 9.10. The Hall–Kier alpha value is -4.69. The van der Waals surface area contributed by atoms with Crippen molar-refractivity contribution in [2.24, 2.45) is 0 Å². The molecule has 2 aromatic heterocycles. The Labute approximate surface area is 294 Å². The molecule has 0 aliphatic heterocycles. The van der Waals surface area contributed by atoms with Gasteiger partial charge < -0.3 is 18.7 Å². The number of hydrogen-bond donors (Lipinski definition) is 1. The predicted octanol–water partition coefficient (Wildman–Crippen LogP) is 12.0. The first-order chi connectivity index (χ1) is 23.1. The van der Waals surface area contributed by atoms with Gasteiger partial charge in [0.05, 0.1) is 18.3 Å². The number of hydrogen-bond acceptors (Lipinski definition) is 5. The van der Waals surface area contributed by atoms with Crippen molar-refractivity contribution in [1.29, 1.82) is 0 Å². The van der Waals surface area contributed by atoms with Gasteiger partial charge in [0.1, 0.15) is 22.3 Å². The molecule has 0 unspecified atom stereocenters. The fourth-order valence-electron chi connectivity index (χ4n) is 6.21. The van der Waals surface area contributed by atoms with E-state index in [1.807, 2.05) is 103 Å². The van der Waals surface area contributed by atoms with Crippen molar-refractivity contribution in [3.63, 3.8) is 0 Å². The van der Waals surface area contributed by atoms with Gasteiger partial charge in [0.15, 0.2) is 0 Å². The predicted molar refractivity (Wildman–Crippen MR) is 200 cm³/mol. The van der Waals surface area contributed by atoms with Gasteiger partial charge in [0.25, 0.3) is 0 Å². The summed E-state index contributed by atoms with van der Waals surface area (Å²) < 4.78 is 18.9. The first-order valence-electron chi connectivity index (χ1n) is 15.4. The molecule has 0 aliphatic rings. The second kappa shape index (κ2) is 12.7. The summed E-state index contributed by atoms with van der Waals surface area (Å²) in [5, 5.41) is 14.9. The standard InChI is InChI=1S/C21H17BrO2.C20H13BrO3/c1-21(2,23)18-12-13(22)10-11-14(18)16-7-5-8-17-15-6-3-4-9-19(15)24-20(16)17;1-23-20(22)17-11-12(21)9-10-13(17)15-6-4-7-16-14-5-2-3-8-18(14)24-19(15)16/h3-12,23H,1-2H3;2-11H,1H3. The summed E-state index contributed by atoms with van der Waals surface area (Å²) in [5.74, 6) is -0.376. The minimum absolute atomic E-state index is 0.376. The fourth-order valence-corrected chi connectivity index (χ4v) is 6.93. The minimum atomic E-state index is -0.951. The second-order valence-corrected chi connectivity index (χ2v) is 13.8. The van der Waals surface area contributed by atoms with Crippen molar-refractivity contribution in [3.05, 3.63) is 141 Å². The van der Waals surface area contributed by atoms with E-state index < -0.39 is 5.60 Å². The van der Waals surface area contributed by atoms with Crippen LogP contribution < -0.4 is 0 Å². The zero-order valence-electron chi connectivity index (χ0n) is 26.4. The van der Waals surface area contributed by atoms with E-state index in [1.54, 1.807) is 19.9 Å². The molecular formula is C41H30Br2O5. The van der Waals surface area contributed by atoms with Crippen LogP contribution >= 0.6 is 31.9 Å². The highest BCUT2D eigenvalue weighted by atomic mass is 79.9. The van der Waals surface area contributed by atoms with Gasteiger partial charge >= 0.3 is 5.97 Å². The first kappa shape index (κ1) is 31.9. The summed E-state index contributed by atoms with van der Waals surface area (Å²) in [4.78, 5) is 12.2. The number of benzene rings is 6. The van der Waals surface area contributed by atoms with Crippen molar-refractivity contribution >= 4 is 81.7 Å². The molecule has 0 amide bonds. The third-order valence-corrected chi connectivity index (χ3v) is 9.40. The molecule has 0 fully saturated rings. The number of esters is 1. The zero-order valence-corrected chi connectivity index (χ0v) is 29.6. The van der Waals surface area contributed by atoms with Gasteiger partial charge in [-0.1, -0.05) is 117 Å². The number of methoxy groups -OCH3 is 1. The molecule has 1 N–H and O–H groups in total. The van der Waals surface area contributed by atoms with Crippen LogP contribution in [-0.4, -0.2) is 18.2 Å². The molecule has 6 aromatic carbocycles. The van der Waals surface area contributed by atoms with E-state index in [-0.39, 0.29) is 5.97 Å². The van der Waals surface area contributed by atoms with E-state index in [0.717, 1.165) is 80.6 Å². The maximum Gasteiger partial charge on any atom is 0.338 e. The van der Waals surface area contributed by atoms with Crippen molar-refractivity contribution in [1.82, 2.24) is 0 Å². The second-order valence-electron chi connectivity index (χ2n) is 12.0. The van der Waals surface area contributed by atoms with Crippen molar-refractivity contribution < 1.29 is 23.5 Å². The summed E-state index contributed by atoms with van der Waals surface area (Å²) in [5.41, 5.74) is 7.38. The average Bonchev–Trinajstić information content (AvgIpc) is 3.67. The molecular weight excluding hydrogens is 732 g/mol. The van der Waals surface area contributed by atoms with Crippen molar-refractivity contribution in [2.45, 2.75) is 19.4 Å². The Kier molecular flexibility index (Phi) is 8.46. The monoisotopic (exact) mass is 760 g/mol. The van der Waals surface area contributed by atoms with Crippen molar-refractivity contribution in [2.75, 3.05) is 7.11 Å². The third kappa shape index (κ3) is 5.83. The summed E-state index contributed by atoms with van der Waals surface area (Å²) in [6.45, 7) is 3.61. The lowest BCUT2D eigenvalue weighted by Gasteiger charge is -2.22. The van der Waals surface area contributed by atoms with Crippen LogP contribution in [0, 0.1) is 0 Å².